The summed E-state index contributed by atoms with van der Waals surface area (Å²) in [6.45, 7) is 13.3. The second-order valence-corrected chi connectivity index (χ2v) is 6.00. The van der Waals surface area contributed by atoms with Crippen molar-refractivity contribution in [2.24, 2.45) is 11.7 Å². The third-order valence-corrected chi connectivity index (χ3v) is 4.08. The van der Waals surface area contributed by atoms with Crippen molar-refractivity contribution in [3.63, 3.8) is 0 Å². The molecule has 1 heterocycles. The molecule has 1 saturated heterocycles. The lowest BCUT2D eigenvalue weighted by molar-refractivity contribution is -0.135. The van der Waals surface area contributed by atoms with E-state index in [1.165, 1.54) is 0 Å². The van der Waals surface area contributed by atoms with Crippen molar-refractivity contribution in [2.45, 2.75) is 46.3 Å². The van der Waals surface area contributed by atoms with Crippen LogP contribution in [0.3, 0.4) is 0 Å². The van der Waals surface area contributed by atoms with Crippen molar-refractivity contribution in [3.8, 4) is 0 Å². The number of halogens is 1. The largest absolute Gasteiger partial charge is 0.377 e. The number of ether oxygens (including phenoxy) is 1. The monoisotopic (exact) mass is 321 g/mol. The molecule has 2 unspecified atom stereocenters. The van der Waals surface area contributed by atoms with Crippen LogP contribution < -0.4 is 5.73 Å². The number of piperazine rings is 1. The molecule has 0 aromatic rings. The van der Waals surface area contributed by atoms with Gasteiger partial charge in [0.05, 0.1) is 18.8 Å². The molecule has 1 fully saturated rings. The van der Waals surface area contributed by atoms with Gasteiger partial charge in [0.15, 0.2) is 0 Å². The first-order valence-electron chi connectivity index (χ1n) is 7.84. The molecule has 6 heteroatoms. The molecule has 0 saturated carbocycles. The number of nitrogens with two attached hydrogens (primary N) is 1. The lowest BCUT2D eigenvalue weighted by Crippen LogP contribution is -2.54. The summed E-state index contributed by atoms with van der Waals surface area (Å²) in [5.41, 5.74) is 6.03. The Kier molecular flexibility index (Phi) is 10.2. The molecule has 0 bridgehead atoms. The molecular formula is C15H32ClN3O2. The number of rotatable bonds is 7. The lowest BCUT2D eigenvalue weighted by Gasteiger charge is -2.36. The summed E-state index contributed by atoms with van der Waals surface area (Å²) in [4.78, 5) is 16.5. The first kappa shape index (κ1) is 20.6. The average Bonchev–Trinajstić information content (AvgIpc) is 2.45. The minimum Gasteiger partial charge on any atom is -0.377 e. The van der Waals surface area contributed by atoms with Crippen molar-refractivity contribution in [1.82, 2.24) is 9.80 Å². The van der Waals surface area contributed by atoms with E-state index in [4.69, 9.17) is 10.5 Å². The van der Waals surface area contributed by atoms with Crippen LogP contribution in [-0.2, 0) is 9.53 Å². The molecule has 0 spiro atoms. The minimum absolute atomic E-state index is 0. The topological polar surface area (TPSA) is 58.8 Å². The predicted octanol–water partition coefficient (Wildman–Crippen LogP) is 1.35. The molecule has 21 heavy (non-hydrogen) atoms. The van der Waals surface area contributed by atoms with E-state index in [1.54, 1.807) is 0 Å². The Labute approximate surface area is 135 Å². The van der Waals surface area contributed by atoms with Crippen LogP contribution in [0.15, 0.2) is 0 Å². The maximum atomic E-state index is 12.3. The molecule has 0 aromatic carbocycles. The molecule has 0 aliphatic carbocycles. The molecule has 1 amide bonds. The van der Waals surface area contributed by atoms with E-state index in [2.05, 4.69) is 11.8 Å². The van der Waals surface area contributed by atoms with Gasteiger partial charge < -0.3 is 15.4 Å². The summed E-state index contributed by atoms with van der Waals surface area (Å²) < 4.78 is 5.56. The zero-order chi connectivity index (χ0) is 15.1. The highest BCUT2D eigenvalue weighted by atomic mass is 35.5. The van der Waals surface area contributed by atoms with E-state index in [-0.39, 0.29) is 36.4 Å². The lowest BCUT2D eigenvalue weighted by atomic mass is 9.98. The Hall–Kier alpha value is -0.360. The van der Waals surface area contributed by atoms with Crippen molar-refractivity contribution in [3.05, 3.63) is 0 Å². The molecule has 1 rings (SSSR count). The number of hydrogen-bond acceptors (Lipinski definition) is 4. The number of carbonyl (C=O) groups excluding carboxylic acids is 1. The molecular weight excluding hydrogens is 290 g/mol. The molecule has 1 aliphatic rings. The van der Waals surface area contributed by atoms with Gasteiger partial charge in [-0.3, -0.25) is 9.69 Å². The van der Waals surface area contributed by atoms with Crippen molar-refractivity contribution in [2.75, 3.05) is 39.3 Å². The fourth-order valence-electron chi connectivity index (χ4n) is 2.32. The van der Waals surface area contributed by atoms with Gasteiger partial charge in [-0.1, -0.05) is 20.3 Å². The number of amides is 1. The number of hydrogen-bond donors (Lipinski definition) is 1. The molecule has 2 atom stereocenters. The Morgan fingerprint density at radius 3 is 2.24 bits per heavy atom. The molecule has 0 radical (unpaired) electrons. The number of carbonyl (C=O) groups is 1. The standard InChI is InChI=1S/C15H31N3O2.ClH/c1-5-13(4)14(16)15(19)18-8-6-17(7-9-18)10-11-20-12(2)3;/h12-14H,5-11,16H2,1-4H3;1H. The summed E-state index contributed by atoms with van der Waals surface area (Å²) in [5.74, 6) is 0.359. The van der Waals surface area contributed by atoms with Gasteiger partial charge in [0.1, 0.15) is 0 Å². The van der Waals surface area contributed by atoms with Gasteiger partial charge in [-0.25, -0.2) is 0 Å². The third-order valence-electron chi connectivity index (χ3n) is 4.08. The minimum atomic E-state index is -0.351. The van der Waals surface area contributed by atoms with Crippen LogP contribution in [0.2, 0.25) is 0 Å². The van der Waals surface area contributed by atoms with E-state index in [0.717, 1.165) is 45.8 Å². The van der Waals surface area contributed by atoms with Crippen LogP contribution in [0.4, 0.5) is 0 Å². The van der Waals surface area contributed by atoms with E-state index in [1.807, 2.05) is 25.7 Å². The first-order chi connectivity index (χ1) is 9.45. The van der Waals surface area contributed by atoms with Gasteiger partial charge in [-0.2, -0.15) is 0 Å². The summed E-state index contributed by atoms with van der Waals surface area (Å²) in [6.07, 6.45) is 1.23. The van der Waals surface area contributed by atoms with Crippen LogP contribution >= 0.6 is 12.4 Å². The zero-order valence-electron chi connectivity index (χ0n) is 13.9. The zero-order valence-corrected chi connectivity index (χ0v) is 14.7. The quantitative estimate of drug-likeness (QED) is 0.769. The van der Waals surface area contributed by atoms with E-state index >= 15 is 0 Å². The normalized spacial score (nSPS) is 19.2. The van der Waals surface area contributed by atoms with Crippen LogP contribution in [0, 0.1) is 5.92 Å². The maximum Gasteiger partial charge on any atom is 0.239 e. The first-order valence-corrected chi connectivity index (χ1v) is 7.84. The Morgan fingerprint density at radius 1 is 1.19 bits per heavy atom. The maximum absolute atomic E-state index is 12.3. The van der Waals surface area contributed by atoms with Gasteiger partial charge in [-0.05, 0) is 19.8 Å². The molecule has 2 N–H and O–H groups in total. The van der Waals surface area contributed by atoms with Crippen LogP contribution in [0.25, 0.3) is 0 Å². The fourth-order valence-corrected chi connectivity index (χ4v) is 2.32. The highest BCUT2D eigenvalue weighted by Crippen LogP contribution is 2.10. The predicted molar refractivity (Wildman–Crippen MR) is 88.8 cm³/mol. The van der Waals surface area contributed by atoms with Gasteiger partial charge in [0.25, 0.3) is 0 Å². The Bertz CT molecular complexity index is 295. The molecule has 5 nitrogen and oxygen atoms in total. The van der Waals surface area contributed by atoms with Gasteiger partial charge in [0.2, 0.25) is 5.91 Å². The summed E-state index contributed by atoms with van der Waals surface area (Å²) in [7, 11) is 0. The number of nitrogens with zero attached hydrogens (tertiary/aromatic N) is 2. The van der Waals surface area contributed by atoms with Crippen LogP contribution in [-0.4, -0.2) is 67.2 Å². The SMILES string of the molecule is CCC(C)C(N)C(=O)N1CCN(CCOC(C)C)CC1.Cl. The highest BCUT2D eigenvalue weighted by Gasteiger charge is 2.27. The van der Waals surface area contributed by atoms with Crippen LogP contribution in [0.5, 0.6) is 0 Å². The van der Waals surface area contributed by atoms with Gasteiger partial charge in [-0.15, -0.1) is 12.4 Å². The smallest absolute Gasteiger partial charge is 0.239 e. The second kappa shape index (κ2) is 10.4. The van der Waals surface area contributed by atoms with Crippen molar-refractivity contribution >= 4 is 18.3 Å². The summed E-state index contributed by atoms with van der Waals surface area (Å²) in [6, 6.07) is -0.351. The molecule has 126 valence electrons. The van der Waals surface area contributed by atoms with Crippen molar-refractivity contribution in [1.29, 1.82) is 0 Å². The molecule has 1 aliphatic heterocycles. The average molecular weight is 322 g/mol. The van der Waals surface area contributed by atoms with Crippen LogP contribution in [0.1, 0.15) is 34.1 Å². The molecule has 0 aromatic heterocycles. The summed E-state index contributed by atoms with van der Waals surface area (Å²) >= 11 is 0. The second-order valence-electron chi connectivity index (χ2n) is 6.00. The highest BCUT2D eigenvalue weighted by molar-refractivity contribution is 5.85. The van der Waals surface area contributed by atoms with E-state index in [0.29, 0.717) is 0 Å². The van der Waals surface area contributed by atoms with E-state index in [9.17, 15) is 4.79 Å². The van der Waals surface area contributed by atoms with Crippen molar-refractivity contribution < 1.29 is 9.53 Å². The third kappa shape index (κ3) is 6.96. The summed E-state index contributed by atoms with van der Waals surface area (Å²) in [5, 5.41) is 0. The fraction of sp³-hybridized carbons (Fsp3) is 0.933. The van der Waals surface area contributed by atoms with Gasteiger partial charge >= 0.3 is 0 Å². The van der Waals surface area contributed by atoms with E-state index < -0.39 is 0 Å². The van der Waals surface area contributed by atoms with Gasteiger partial charge in [0, 0.05) is 32.7 Å². The Morgan fingerprint density at radius 2 is 1.76 bits per heavy atom. The Balaban J connectivity index is 0.00000400.